The number of aliphatic carboxylic acids is 1. The van der Waals surface area contributed by atoms with Crippen molar-refractivity contribution in [3.63, 3.8) is 0 Å². The number of hydrogen-bond acceptors (Lipinski definition) is 10. The molecule has 0 aromatic heterocycles. The lowest BCUT2D eigenvalue weighted by molar-refractivity contribution is -0.141. The lowest BCUT2D eigenvalue weighted by atomic mass is 9.97. The molecule has 0 spiro atoms. The average molecular weight is 496 g/mol. The summed E-state index contributed by atoms with van der Waals surface area (Å²) < 4.78 is 15.8. The van der Waals surface area contributed by atoms with E-state index in [1.807, 2.05) is 0 Å². The van der Waals surface area contributed by atoms with Gasteiger partial charge in [-0.2, -0.15) is 0 Å². The molecule has 1 aromatic rings. The first kappa shape index (κ1) is 27.2. The van der Waals surface area contributed by atoms with Crippen molar-refractivity contribution in [2.45, 2.75) is 44.4 Å². The molecule has 6 N–H and O–H groups in total. The molecule has 0 unspecified atom stereocenters. The Morgan fingerprint density at radius 2 is 1.94 bits per heavy atom. The number of carbonyl (C=O) groups is 4. The van der Waals surface area contributed by atoms with Gasteiger partial charge in [0.25, 0.3) is 0 Å². The van der Waals surface area contributed by atoms with Gasteiger partial charge in [0.15, 0.2) is 17.6 Å². The van der Waals surface area contributed by atoms with E-state index in [1.54, 1.807) is 0 Å². The van der Waals surface area contributed by atoms with E-state index in [0.717, 1.165) is 12.1 Å². The van der Waals surface area contributed by atoms with E-state index in [0.29, 0.717) is 0 Å². The Balaban J connectivity index is 1.86. The number of nitrogens with one attached hydrogen (secondary N) is 2. The highest BCUT2D eigenvalue weighted by Crippen LogP contribution is 2.25. The predicted molar refractivity (Wildman–Crippen MR) is 117 cm³/mol. The second-order valence-electron chi connectivity index (χ2n) is 7.57. The number of ether oxygens (including phenoxy) is 3. The van der Waals surface area contributed by atoms with E-state index in [-0.39, 0.29) is 62.0 Å². The van der Waals surface area contributed by atoms with Gasteiger partial charge < -0.3 is 45.3 Å². The van der Waals surface area contributed by atoms with Gasteiger partial charge in [-0.3, -0.25) is 4.79 Å². The predicted octanol–water partition coefficient (Wildman–Crippen LogP) is 0.384. The van der Waals surface area contributed by atoms with Gasteiger partial charge in [-0.15, -0.1) is 0 Å². The molecule has 3 atom stereocenters. The first-order valence-electron chi connectivity index (χ1n) is 10.7. The zero-order valence-corrected chi connectivity index (χ0v) is 18.9. The molecular weight excluding hydrogens is 468 g/mol. The summed E-state index contributed by atoms with van der Waals surface area (Å²) in [5.41, 5.74) is 0.0375. The molecule has 0 fully saturated rings. The summed E-state index contributed by atoms with van der Waals surface area (Å²) in [6.07, 6.45) is -1.42. The van der Waals surface area contributed by atoms with Gasteiger partial charge in [0, 0.05) is 26.5 Å². The topological polar surface area (TPSA) is 201 Å². The SMILES string of the molecule is CC(=O)N[C@@H]1CC=C(C(=O)O)O[C@H]1[C@@H](CCO)OC(=O)NCCCOC(=O)c1ccc(O)c(O)c1. The smallest absolute Gasteiger partial charge is 0.407 e. The quantitative estimate of drug-likeness (QED) is 0.140. The minimum Gasteiger partial charge on any atom is -0.504 e. The number of carboxylic acid groups (broad SMARTS) is 1. The maximum Gasteiger partial charge on any atom is 0.407 e. The number of amides is 2. The lowest BCUT2D eigenvalue weighted by Crippen LogP contribution is -2.53. The number of phenols is 2. The van der Waals surface area contributed by atoms with E-state index < -0.39 is 42.0 Å². The molecule has 0 radical (unpaired) electrons. The number of rotatable bonds is 11. The van der Waals surface area contributed by atoms with Crippen LogP contribution in [0, 0.1) is 0 Å². The monoisotopic (exact) mass is 496 g/mol. The van der Waals surface area contributed by atoms with Crippen LogP contribution in [-0.4, -0.2) is 82.4 Å². The Hall–Kier alpha value is -4.00. The third-order valence-corrected chi connectivity index (χ3v) is 4.89. The average Bonchev–Trinajstić information content (AvgIpc) is 2.80. The minimum absolute atomic E-state index is 0.0375. The summed E-state index contributed by atoms with van der Waals surface area (Å²) in [5.74, 6) is -3.63. The molecule has 1 aliphatic rings. The van der Waals surface area contributed by atoms with Crippen molar-refractivity contribution in [2.75, 3.05) is 19.8 Å². The third kappa shape index (κ3) is 8.37. The van der Waals surface area contributed by atoms with E-state index >= 15 is 0 Å². The zero-order valence-electron chi connectivity index (χ0n) is 18.9. The number of benzene rings is 1. The highest BCUT2D eigenvalue weighted by Gasteiger charge is 2.38. The highest BCUT2D eigenvalue weighted by molar-refractivity contribution is 5.90. The van der Waals surface area contributed by atoms with Crippen LogP contribution >= 0.6 is 0 Å². The molecule has 1 heterocycles. The summed E-state index contributed by atoms with van der Waals surface area (Å²) in [6, 6.07) is 2.80. The third-order valence-electron chi connectivity index (χ3n) is 4.89. The Morgan fingerprint density at radius 1 is 1.20 bits per heavy atom. The van der Waals surface area contributed by atoms with Crippen LogP contribution in [0.1, 0.15) is 36.5 Å². The molecule has 1 aromatic carbocycles. The van der Waals surface area contributed by atoms with Crippen LogP contribution in [0.3, 0.4) is 0 Å². The summed E-state index contributed by atoms with van der Waals surface area (Å²) in [4.78, 5) is 47.0. The Bertz CT molecular complexity index is 963. The normalized spacial score (nSPS) is 17.8. The fourth-order valence-electron chi connectivity index (χ4n) is 3.28. The Labute approximate surface area is 200 Å². The number of esters is 1. The van der Waals surface area contributed by atoms with Gasteiger partial charge in [-0.1, -0.05) is 0 Å². The van der Waals surface area contributed by atoms with Gasteiger partial charge in [-0.25, -0.2) is 14.4 Å². The second kappa shape index (κ2) is 13.0. The van der Waals surface area contributed by atoms with Gasteiger partial charge >= 0.3 is 18.0 Å². The number of alkyl carbamates (subject to hydrolysis) is 1. The molecule has 0 saturated heterocycles. The van der Waals surface area contributed by atoms with Crippen LogP contribution in [0.4, 0.5) is 4.79 Å². The van der Waals surface area contributed by atoms with Crippen molar-refractivity contribution in [2.24, 2.45) is 0 Å². The summed E-state index contributed by atoms with van der Waals surface area (Å²) in [6.45, 7) is 0.877. The van der Waals surface area contributed by atoms with E-state index in [9.17, 15) is 39.6 Å². The summed E-state index contributed by atoms with van der Waals surface area (Å²) >= 11 is 0. The molecular formula is C22H28N2O11. The molecule has 0 bridgehead atoms. The van der Waals surface area contributed by atoms with Crippen LogP contribution in [0.5, 0.6) is 11.5 Å². The Morgan fingerprint density at radius 3 is 2.57 bits per heavy atom. The largest absolute Gasteiger partial charge is 0.504 e. The van der Waals surface area contributed by atoms with Gasteiger partial charge in [-0.05, 0) is 37.1 Å². The minimum atomic E-state index is -1.32. The number of carbonyl (C=O) groups excluding carboxylic acids is 3. The lowest BCUT2D eigenvalue weighted by Gasteiger charge is -2.35. The van der Waals surface area contributed by atoms with Crippen LogP contribution in [-0.2, 0) is 23.8 Å². The van der Waals surface area contributed by atoms with Crippen LogP contribution < -0.4 is 10.6 Å². The zero-order chi connectivity index (χ0) is 26.0. The van der Waals surface area contributed by atoms with Crippen molar-refractivity contribution in [1.29, 1.82) is 0 Å². The highest BCUT2D eigenvalue weighted by atomic mass is 16.6. The first-order chi connectivity index (χ1) is 16.6. The number of aliphatic hydroxyl groups excluding tert-OH is 1. The van der Waals surface area contributed by atoms with Crippen molar-refractivity contribution < 1.29 is 53.8 Å². The van der Waals surface area contributed by atoms with Gasteiger partial charge in [0.05, 0.1) is 18.2 Å². The molecule has 0 aliphatic carbocycles. The maximum absolute atomic E-state index is 12.3. The van der Waals surface area contributed by atoms with Crippen molar-refractivity contribution in [1.82, 2.24) is 10.6 Å². The molecule has 2 amide bonds. The van der Waals surface area contributed by atoms with Crippen molar-refractivity contribution in [3.8, 4) is 11.5 Å². The molecule has 13 nitrogen and oxygen atoms in total. The van der Waals surface area contributed by atoms with Crippen molar-refractivity contribution in [3.05, 3.63) is 35.6 Å². The second-order valence-corrected chi connectivity index (χ2v) is 7.57. The van der Waals surface area contributed by atoms with Crippen LogP contribution in [0.2, 0.25) is 0 Å². The van der Waals surface area contributed by atoms with Gasteiger partial charge in [0.1, 0.15) is 6.10 Å². The standard InChI is InChI=1S/C22H28N2O11/c1-12(26)24-14-4-6-18(20(29)30)34-19(14)17(7-9-25)35-22(32)23-8-2-10-33-21(31)13-3-5-15(27)16(28)11-13/h3,5-6,11,14,17,19,25,27-28H,2,4,7-10H2,1H3,(H,23,32)(H,24,26)(H,29,30)/t14-,17-,19-/m1/s1. The number of aromatic hydroxyl groups is 2. The number of aliphatic hydroxyl groups is 1. The molecule has 2 rings (SSSR count). The van der Waals surface area contributed by atoms with E-state index in [4.69, 9.17) is 14.2 Å². The van der Waals surface area contributed by atoms with Crippen LogP contribution in [0.15, 0.2) is 30.0 Å². The van der Waals surface area contributed by atoms with E-state index in [2.05, 4.69) is 10.6 Å². The molecule has 0 saturated carbocycles. The first-order valence-corrected chi connectivity index (χ1v) is 10.7. The van der Waals surface area contributed by atoms with Gasteiger partial charge in [0.2, 0.25) is 11.7 Å². The number of phenolic OH excluding ortho intramolecular Hbond substituents is 2. The number of hydrogen-bond donors (Lipinski definition) is 6. The van der Waals surface area contributed by atoms with Crippen LogP contribution in [0.25, 0.3) is 0 Å². The maximum atomic E-state index is 12.3. The molecule has 1 aliphatic heterocycles. The molecule has 192 valence electrons. The van der Waals surface area contributed by atoms with E-state index in [1.165, 1.54) is 19.1 Å². The fraction of sp³-hybridized carbons (Fsp3) is 0.455. The fourth-order valence-corrected chi connectivity index (χ4v) is 3.28. The summed E-state index contributed by atoms with van der Waals surface area (Å²) in [5, 5.41) is 42.4. The Kier molecular flexibility index (Phi) is 10.1. The molecule has 13 heteroatoms. The van der Waals surface area contributed by atoms with Crippen molar-refractivity contribution >= 4 is 23.9 Å². The molecule has 35 heavy (non-hydrogen) atoms. The number of carboxylic acids is 1. The summed E-state index contributed by atoms with van der Waals surface area (Å²) in [7, 11) is 0.